The largest absolute Gasteiger partial charge is 0.399 e. The minimum absolute atomic E-state index is 0. The maximum atomic E-state index is 5.36. The highest BCUT2D eigenvalue weighted by Gasteiger charge is 2.01. The van der Waals surface area contributed by atoms with E-state index in [1.165, 1.54) is 32.7 Å². The first-order valence-electron chi connectivity index (χ1n) is 9.84. The lowest BCUT2D eigenvalue weighted by molar-refractivity contribution is 1.48. The molecule has 0 bridgehead atoms. The van der Waals surface area contributed by atoms with E-state index >= 15 is 0 Å². The van der Waals surface area contributed by atoms with Gasteiger partial charge >= 0.3 is 0 Å². The number of rotatable bonds is 0. The van der Waals surface area contributed by atoms with E-state index in [0.29, 0.717) is 0 Å². The smallest absolute Gasteiger partial charge is 0.0313 e. The third-order valence-electron chi connectivity index (χ3n) is 4.71. The Morgan fingerprint density at radius 1 is 0.500 bits per heavy atom. The van der Waals surface area contributed by atoms with E-state index in [2.05, 4.69) is 80.6 Å². The number of aryl methyl sites for hydroxylation is 2. The zero-order valence-electron chi connectivity index (χ0n) is 17.0. The van der Waals surface area contributed by atoms with Gasteiger partial charge in [0.2, 0.25) is 0 Å². The topological polar surface area (TPSA) is 26.0 Å². The summed E-state index contributed by atoms with van der Waals surface area (Å²) in [5, 5.41) is 5.39. The monoisotopic (exact) mass is 393 g/mol. The van der Waals surface area contributed by atoms with Gasteiger partial charge in [-0.15, -0.1) is 0 Å². The Balaban J connectivity index is 0.000000180. The molecule has 5 aromatic rings. The fourth-order valence-electron chi connectivity index (χ4n) is 3.23. The van der Waals surface area contributed by atoms with E-state index < -0.39 is 0 Å². The predicted molar refractivity (Wildman–Crippen MR) is 135 cm³/mol. The van der Waals surface area contributed by atoms with Crippen LogP contribution in [0.1, 0.15) is 18.6 Å². The van der Waals surface area contributed by atoms with Crippen LogP contribution in [0.15, 0.2) is 115 Å². The van der Waals surface area contributed by atoms with E-state index in [0.717, 1.165) is 5.69 Å². The Morgan fingerprint density at radius 2 is 0.967 bits per heavy atom. The predicted octanol–water partition coefficient (Wildman–Crippen LogP) is 8.20. The molecule has 2 N–H and O–H groups in total. The van der Waals surface area contributed by atoms with Crippen molar-refractivity contribution in [3.05, 3.63) is 126 Å². The first-order chi connectivity index (χ1) is 14.1. The van der Waals surface area contributed by atoms with Crippen molar-refractivity contribution in [3.8, 4) is 0 Å². The molecule has 30 heavy (non-hydrogen) atoms. The molecule has 0 radical (unpaired) electrons. The van der Waals surface area contributed by atoms with Gasteiger partial charge in [-0.2, -0.15) is 0 Å². The van der Waals surface area contributed by atoms with Gasteiger partial charge in [0.25, 0.3) is 0 Å². The summed E-state index contributed by atoms with van der Waals surface area (Å²) < 4.78 is 0. The van der Waals surface area contributed by atoms with Gasteiger partial charge in [-0.25, -0.2) is 0 Å². The van der Waals surface area contributed by atoms with Crippen molar-refractivity contribution < 1.29 is 0 Å². The van der Waals surface area contributed by atoms with Crippen LogP contribution in [-0.4, -0.2) is 0 Å². The van der Waals surface area contributed by atoms with Crippen molar-refractivity contribution in [1.82, 2.24) is 0 Å². The highest BCUT2D eigenvalue weighted by atomic mass is 14.5. The van der Waals surface area contributed by atoms with Gasteiger partial charge in [0, 0.05) is 5.69 Å². The number of fused-ring (bicyclic) bond motifs is 3. The summed E-state index contributed by atoms with van der Waals surface area (Å²) >= 11 is 0. The van der Waals surface area contributed by atoms with Crippen LogP contribution in [0.3, 0.4) is 0 Å². The van der Waals surface area contributed by atoms with E-state index in [9.17, 15) is 0 Å². The molecule has 0 atom stereocenters. The van der Waals surface area contributed by atoms with Crippen LogP contribution < -0.4 is 5.73 Å². The lowest BCUT2D eigenvalue weighted by Gasteiger charge is -2.06. The van der Waals surface area contributed by atoms with Crippen LogP contribution in [0.4, 0.5) is 5.69 Å². The van der Waals surface area contributed by atoms with Crippen molar-refractivity contribution in [1.29, 1.82) is 0 Å². The molecule has 0 aliphatic carbocycles. The molecule has 0 heterocycles. The maximum Gasteiger partial charge on any atom is 0.0313 e. The number of hydrogen-bond donors (Lipinski definition) is 1. The van der Waals surface area contributed by atoms with E-state index in [1.54, 1.807) is 0 Å². The summed E-state index contributed by atoms with van der Waals surface area (Å²) in [6, 6.07) is 39.2. The molecule has 1 heteroatoms. The standard InChI is InChI=1S/C15H12.C7H8.C6H7N.CH4/c1-11-10-12-6-2-3-8-14(12)15-9-5-4-7-13(11)15;1-7-5-3-2-4-6-7;7-6-4-2-1-3-5-6;/h2-10H,1H3;2-6H,1H3;1-5H,7H2;1H4. The molecule has 0 amide bonds. The van der Waals surface area contributed by atoms with Gasteiger partial charge in [-0.3, -0.25) is 0 Å². The number of hydrogen-bond acceptors (Lipinski definition) is 1. The summed E-state index contributed by atoms with van der Waals surface area (Å²) in [5.74, 6) is 0. The number of nitrogen functional groups attached to an aromatic ring is 1. The summed E-state index contributed by atoms with van der Waals surface area (Å²) in [6.45, 7) is 4.26. The van der Waals surface area contributed by atoms with Gasteiger partial charge in [0.1, 0.15) is 0 Å². The second-order valence-corrected chi connectivity index (χ2v) is 7.03. The summed E-state index contributed by atoms with van der Waals surface area (Å²) in [5.41, 5.74) is 8.85. The zero-order chi connectivity index (χ0) is 20.5. The number of benzene rings is 5. The zero-order valence-corrected chi connectivity index (χ0v) is 17.0. The minimum Gasteiger partial charge on any atom is -0.399 e. The fraction of sp³-hybridized carbons (Fsp3) is 0.103. The summed E-state index contributed by atoms with van der Waals surface area (Å²) in [7, 11) is 0. The van der Waals surface area contributed by atoms with Gasteiger partial charge in [0.05, 0.1) is 0 Å². The van der Waals surface area contributed by atoms with E-state index in [1.807, 2.05) is 48.5 Å². The maximum absolute atomic E-state index is 5.36. The SMILES string of the molecule is C.Cc1cc2ccccc2c2ccccc12.Cc1ccccc1.Nc1ccccc1. The summed E-state index contributed by atoms with van der Waals surface area (Å²) in [4.78, 5) is 0. The minimum atomic E-state index is 0. The van der Waals surface area contributed by atoms with Gasteiger partial charge < -0.3 is 5.73 Å². The van der Waals surface area contributed by atoms with E-state index in [4.69, 9.17) is 5.73 Å². The Morgan fingerprint density at radius 3 is 1.47 bits per heavy atom. The molecule has 0 unspecified atom stereocenters. The Hall–Kier alpha value is -3.58. The highest BCUT2D eigenvalue weighted by Crippen LogP contribution is 2.27. The van der Waals surface area contributed by atoms with Gasteiger partial charge in [0.15, 0.2) is 0 Å². The lowest BCUT2D eigenvalue weighted by Crippen LogP contribution is -1.81. The molecule has 5 aromatic carbocycles. The van der Waals surface area contributed by atoms with Gasteiger partial charge in [-0.1, -0.05) is 116 Å². The number of anilines is 1. The molecule has 0 aliphatic rings. The molecule has 5 rings (SSSR count). The van der Waals surface area contributed by atoms with Crippen LogP contribution in [0.2, 0.25) is 0 Å². The first kappa shape index (κ1) is 22.7. The normalized spacial score (nSPS) is 9.53. The average molecular weight is 394 g/mol. The molecular weight excluding hydrogens is 362 g/mol. The molecule has 0 saturated carbocycles. The molecule has 0 aliphatic heterocycles. The Bertz CT molecular complexity index is 1120. The van der Waals surface area contributed by atoms with Crippen molar-refractivity contribution in [2.75, 3.05) is 5.73 Å². The molecule has 1 nitrogen and oxygen atoms in total. The first-order valence-corrected chi connectivity index (χ1v) is 9.84. The second kappa shape index (κ2) is 11.4. The van der Waals surface area contributed by atoms with E-state index in [-0.39, 0.29) is 7.43 Å². The lowest BCUT2D eigenvalue weighted by atomic mass is 9.98. The molecule has 152 valence electrons. The number of nitrogens with two attached hydrogens (primary N) is 1. The van der Waals surface area contributed by atoms with Crippen LogP contribution in [0, 0.1) is 13.8 Å². The Kier molecular flexibility index (Phi) is 8.65. The molecule has 0 saturated heterocycles. The fourth-order valence-corrected chi connectivity index (χ4v) is 3.23. The van der Waals surface area contributed by atoms with Crippen LogP contribution in [0.5, 0.6) is 0 Å². The van der Waals surface area contributed by atoms with Crippen molar-refractivity contribution in [2.45, 2.75) is 21.3 Å². The van der Waals surface area contributed by atoms with Crippen LogP contribution >= 0.6 is 0 Å². The second-order valence-electron chi connectivity index (χ2n) is 7.03. The van der Waals surface area contributed by atoms with Crippen molar-refractivity contribution in [2.24, 2.45) is 0 Å². The third kappa shape index (κ3) is 6.22. The highest BCUT2D eigenvalue weighted by molar-refractivity contribution is 6.08. The summed E-state index contributed by atoms with van der Waals surface area (Å²) in [6.07, 6.45) is 0. The van der Waals surface area contributed by atoms with Crippen molar-refractivity contribution in [3.63, 3.8) is 0 Å². The molecular formula is C29H31N. The quantitative estimate of drug-likeness (QED) is 0.208. The molecule has 0 aromatic heterocycles. The Labute approximate surface area is 180 Å². The van der Waals surface area contributed by atoms with Crippen LogP contribution in [0.25, 0.3) is 21.5 Å². The van der Waals surface area contributed by atoms with Crippen LogP contribution in [-0.2, 0) is 0 Å². The molecule has 0 fully saturated rings. The average Bonchev–Trinajstić information content (AvgIpc) is 2.76. The molecule has 0 spiro atoms. The number of para-hydroxylation sites is 1. The van der Waals surface area contributed by atoms with Crippen molar-refractivity contribution >= 4 is 27.2 Å². The van der Waals surface area contributed by atoms with Gasteiger partial charge in [-0.05, 0) is 53.1 Å². The third-order valence-corrected chi connectivity index (χ3v) is 4.71.